The van der Waals surface area contributed by atoms with Gasteiger partial charge in [-0.15, -0.1) is 0 Å². The molecule has 1 atom stereocenters. The van der Waals surface area contributed by atoms with E-state index in [2.05, 4.69) is 28.1 Å². The highest BCUT2D eigenvalue weighted by atomic mass is 79.9. The van der Waals surface area contributed by atoms with Crippen molar-refractivity contribution in [1.29, 1.82) is 0 Å². The highest BCUT2D eigenvalue weighted by molar-refractivity contribution is 9.09. The van der Waals surface area contributed by atoms with Crippen LogP contribution in [0.3, 0.4) is 0 Å². The molecule has 2 aromatic rings. The van der Waals surface area contributed by atoms with Crippen molar-refractivity contribution in [3.8, 4) is 5.75 Å². The molecule has 0 fully saturated rings. The van der Waals surface area contributed by atoms with Crippen LogP contribution in [0, 0.1) is 0 Å². The molecule has 0 aliphatic rings. The second kappa shape index (κ2) is 6.26. The Kier molecular flexibility index (Phi) is 4.67. The molecular formula is C15H14BrClO. The molecule has 2 aromatic carbocycles. The highest BCUT2D eigenvalue weighted by Gasteiger charge is 2.14. The van der Waals surface area contributed by atoms with Crippen LogP contribution < -0.4 is 4.74 Å². The van der Waals surface area contributed by atoms with Crippen LogP contribution in [-0.4, -0.2) is 7.11 Å². The second-order valence-electron chi connectivity index (χ2n) is 4.04. The van der Waals surface area contributed by atoms with E-state index < -0.39 is 0 Å². The summed E-state index contributed by atoms with van der Waals surface area (Å²) in [6.45, 7) is 0. The third-order valence-electron chi connectivity index (χ3n) is 2.79. The minimum Gasteiger partial charge on any atom is -0.496 e. The molecule has 0 aromatic heterocycles. The summed E-state index contributed by atoms with van der Waals surface area (Å²) in [5.74, 6) is 0.859. The first-order valence-electron chi connectivity index (χ1n) is 5.72. The molecule has 1 unspecified atom stereocenters. The zero-order valence-corrected chi connectivity index (χ0v) is 12.4. The number of ether oxygens (including phenoxy) is 1. The summed E-state index contributed by atoms with van der Waals surface area (Å²) in [5.41, 5.74) is 2.36. The first-order chi connectivity index (χ1) is 8.70. The van der Waals surface area contributed by atoms with Crippen LogP contribution in [0.15, 0.2) is 48.5 Å². The summed E-state index contributed by atoms with van der Waals surface area (Å²) in [5, 5.41) is 0.725. The first kappa shape index (κ1) is 13.4. The number of hydrogen-bond acceptors (Lipinski definition) is 1. The predicted molar refractivity (Wildman–Crippen MR) is 79.8 cm³/mol. The maximum Gasteiger partial charge on any atom is 0.123 e. The molecule has 0 bridgehead atoms. The lowest BCUT2D eigenvalue weighted by Crippen LogP contribution is -1.98. The van der Waals surface area contributed by atoms with Crippen molar-refractivity contribution >= 4 is 27.5 Å². The van der Waals surface area contributed by atoms with E-state index >= 15 is 0 Å². The normalized spacial score (nSPS) is 12.2. The van der Waals surface area contributed by atoms with Gasteiger partial charge >= 0.3 is 0 Å². The predicted octanol–water partition coefficient (Wildman–Crippen LogP) is 5.03. The lowest BCUT2D eigenvalue weighted by molar-refractivity contribution is 0.409. The Morgan fingerprint density at radius 3 is 2.56 bits per heavy atom. The summed E-state index contributed by atoms with van der Waals surface area (Å²) in [4.78, 5) is 0.188. The third-order valence-corrected chi connectivity index (χ3v) is 3.84. The van der Waals surface area contributed by atoms with Gasteiger partial charge in [-0.25, -0.2) is 0 Å². The van der Waals surface area contributed by atoms with Crippen molar-refractivity contribution < 1.29 is 4.74 Å². The first-order valence-corrected chi connectivity index (χ1v) is 7.01. The Hall–Kier alpha value is -0.990. The van der Waals surface area contributed by atoms with E-state index in [0.717, 1.165) is 22.8 Å². The Bertz CT molecular complexity index is 513. The number of rotatable bonds is 4. The van der Waals surface area contributed by atoms with Crippen molar-refractivity contribution in [2.75, 3.05) is 7.11 Å². The van der Waals surface area contributed by atoms with Gasteiger partial charge in [0, 0.05) is 15.4 Å². The van der Waals surface area contributed by atoms with E-state index in [0.29, 0.717) is 0 Å². The lowest BCUT2D eigenvalue weighted by atomic mass is 10.0. The standard InChI is InChI=1S/C15H14BrClO/c1-18-15-8-7-12(17)10-13(15)14(16)9-11-5-3-2-4-6-11/h2-8,10,14H,9H2,1H3. The summed E-state index contributed by atoms with van der Waals surface area (Å²) in [7, 11) is 1.68. The number of alkyl halides is 1. The monoisotopic (exact) mass is 324 g/mol. The van der Waals surface area contributed by atoms with Gasteiger partial charge in [-0.1, -0.05) is 57.9 Å². The van der Waals surface area contributed by atoms with Crippen molar-refractivity contribution in [2.45, 2.75) is 11.2 Å². The van der Waals surface area contributed by atoms with E-state index in [-0.39, 0.29) is 4.83 Å². The van der Waals surface area contributed by atoms with Gasteiger partial charge in [-0.2, -0.15) is 0 Å². The van der Waals surface area contributed by atoms with Gasteiger partial charge in [0.1, 0.15) is 5.75 Å². The SMILES string of the molecule is COc1ccc(Cl)cc1C(Br)Cc1ccccc1. The fourth-order valence-corrected chi connectivity index (χ4v) is 2.79. The Labute approximate surface area is 121 Å². The van der Waals surface area contributed by atoms with Crippen LogP contribution in [-0.2, 0) is 6.42 Å². The van der Waals surface area contributed by atoms with Crippen LogP contribution >= 0.6 is 27.5 Å². The molecule has 2 rings (SSSR count). The molecule has 0 radical (unpaired) electrons. The maximum absolute atomic E-state index is 6.04. The smallest absolute Gasteiger partial charge is 0.123 e. The van der Waals surface area contributed by atoms with Crippen molar-refractivity contribution in [2.24, 2.45) is 0 Å². The average molecular weight is 326 g/mol. The molecule has 0 heterocycles. The van der Waals surface area contributed by atoms with Gasteiger partial charge < -0.3 is 4.74 Å². The molecule has 0 saturated carbocycles. The maximum atomic E-state index is 6.04. The zero-order chi connectivity index (χ0) is 13.0. The number of benzene rings is 2. The summed E-state index contributed by atoms with van der Waals surface area (Å²) in [6.07, 6.45) is 0.900. The lowest BCUT2D eigenvalue weighted by Gasteiger charge is -2.14. The van der Waals surface area contributed by atoms with E-state index in [1.54, 1.807) is 7.11 Å². The molecule has 18 heavy (non-hydrogen) atoms. The van der Waals surface area contributed by atoms with Crippen LogP contribution in [0.25, 0.3) is 0 Å². The molecule has 3 heteroatoms. The van der Waals surface area contributed by atoms with Gasteiger partial charge in [0.05, 0.1) is 7.11 Å². The largest absolute Gasteiger partial charge is 0.496 e. The zero-order valence-electron chi connectivity index (χ0n) is 10.1. The fourth-order valence-electron chi connectivity index (χ4n) is 1.88. The van der Waals surface area contributed by atoms with Crippen molar-refractivity contribution in [3.63, 3.8) is 0 Å². The summed E-state index contributed by atoms with van der Waals surface area (Å²) < 4.78 is 5.37. The molecular weight excluding hydrogens is 312 g/mol. The van der Waals surface area contributed by atoms with Crippen LogP contribution in [0.2, 0.25) is 5.02 Å². The number of halogens is 2. The topological polar surface area (TPSA) is 9.23 Å². The fraction of sp³-hybridized carbons (Fsp3) is 0.200. The van der Waals surface area contributed by atoms with Gasteiger partial charge in [-0.05, 0) is 30.2 Å². The Morgan fingerprint density at radius 2 is 1.89 bits per heavy atom. The quantitative estimate of drug-likeness (QED) is 0.717. The molecule has 1 nitrogen and oxygen atoms in total. The van der Waals surface area contributed by atoms with E-state index in [1.165, 1.54) is 5.56 Å². The number of hydrogen-bond donors (Lipinski definition) is 0. The Morgan fingerprint density at radius 1 is 1.17 bits per heavy atom. The Balaban J connectivity index is 2.23. The molecule has 0 aliphatic carbocycles. The average Bonchev–Trinajstić information content (AvgIpc) is 2.40. The second-order valence-corrected chi connectivity index (χ2v) is 5.59. The minimum absolute atomic E-state index is 0.188. The molecule has 94 valence electrons. The van der Waals surface area contributed by atoms with E-state index in [1.807, 2.05) is 36.4 Å². The molecule has 0 N–H and O–H groups in total. The summed E-state index contributed by atoms with van der Waals surface area (Å²) in [6, 6.07) is 16.0. The number of methoxy groups -OCH3 is 1. The molecule has 0 amide bonds. The van der Waals surface area contributed by atoms with E-state index in [9.17, 15) is 0 Å². The van der Waals surface area contributed by atoms with Gasteiger partial charge in [0.15, 0.2) is 0 Å². The van der Waals surface area contributed by atoms with Crippen molar-refractivity contribution in [1.82, 2.24) is 0 Å². The van der Waals surface area contributed by atoms with Gasteiger partial charge in [0.25, 0.3) is 0 Å². The minimum atomic E-state index is 0.188. The van der Waals surface area contributed by atoms with Crippen LogP contribution in [0.1, 0.15) is 16.0 Å². The van der Waals surface area contributed by atoms with Gasteiger partial charge in [-0.3, -0.25) is 0 Å². The van der Waals surface area contributed by atoms with Crippen LogP contribution in [0.5, 0.6) is 5.75 Å². The highest BCUT2D eigenvalue weighted by Crippen LogP contribution is 2.35. The van der Waals surface area contributed by atoms with Crippen LogP contribution in [0.4, 0.5) is 0 Å². The third kappa shape index (κ3) is 3.27. The summed E-state index contributed by atoms with van der Waals surface area (Å²) >= 11 is 9.75. The van der Waals surface area contributed by atoms with Gasteiger partial charge in [0.2, 0.25) is 0 Å². The molecule has 0 saturated heterocycles. The van der Waals surface area contributed by atoms with Crippen molar-refractivity contribution in [3.05, 3.63) is 64.7 Å². The molecule has 0 aliphatic heterocycles. The van der Waals surface area contributed by atoms with E-state index in [4.69, 9.17) is 16.3 Å². The molecule has 0 spiro atoms.